The number of rotatable bonds is 6. The number of nitrogens with zero attached hydrogens (tertiary/aromatic N) is 2. The van der Waals surface area contributed by atoms with E-state index in [4.69, 9.17) is 4.74 Å². The van der Waals surface area contributed by atoms with Crippen LogP contribution in [0.3, 0.4) is 0 Å². The van der Waals surface area contributed by atoms with Crippen LogP contribution < -0.4 is 5.32 Å². The lowest BCUT2D eigenvalue weighted by Crippen LogP contribution is -2.41. The van der Waals surface area contributed by atoms with Crippen LogP contribution in [-0.4, -0.2) is 59.4 Å². The molecule has 1 aromatic carbocycles. The Bertz CT molecular complexity index is 732. The summed E-state index contributed by atoms with van der Waals surface area (Å²) in [6.45, 7) is 2.17. The standard InChI is InChI=1S/C17H20FN3O5/c1-17(2)15(24)21(16(25)19-17)9-14(23)26-10-13(22)20(3)8-11-4-6-12(18)7-5-11/h4-7H,8-10H2,1-3H3,(H,19,25). The molecule has 1 aromatic rings. The first-order valence-corrected chi connectivity index (χ1v) is 7.88. The molecule has 4 amide bonds. The Morgan fingerprint density at radius 2 is 1.85 bits per heavy atom. The van der Waals surface area contributed by atoms with Gasteiger partial charge in [0, 0.05) is 13.6 Å². The molecule has 1 fully saturated rings. The maximum Gasteiger partial charge on any atom is 0.326 e. The van der Waals surface area contributed by atoms with E-state index in [0.717, 1.165) is 10.5 Å². The van der Waals surface area contributed by atoms with Gasteiger partial charge in [0.1, 0.15) is 17.9 Å². The van der Waals surface area contributed by atoms with Crippen molar-refractivity contribution in [3.8, 4) is 0 Å². The van der Waals surface area contributed by atoms with E-state index in [1.807, 2.05) is 0 Å². The molecule has 1 aliphatic rings. The molecule has 9 heteroatoms. The van der Waals surface area contributed by atoms with Gasteiger partial charge in [-0.05, 0) is 31.5 Å². The van der Waals surface area contributed by atoms with E-state index in [0.29, 0.717) is 0 Å². The van der Waals surface area contributed by atoms with Crippen LogP contribution in [0.15, 0.2) is 24.3 Å². The van der Waals surface area contributed by atoms with Crippen molar-refractivity contribution in [2.75, 3.05) is 20.2 Å². The number of hydrogen-bond donors (Lipinski definition) is 1. The van der Waals surface area contributed by atoms with Crippen molar-refractivity contribution in [1.82, 2.24) is 15.1 Å². The minimum Gasteiger partial charge on any atom is -0.454 e. The molecular formula is C17H20FN3O5. The fraction of sp³-hybridized carbons (Fsp3) is 0.412. The van der Waals surface area contributed by atoms with Gasteiger partial charge in [-0.1, -0.05) is 12.1 Å². The van der Waals surface area contributed by atoms with Gasteiger partial charge in [-0.3, -0.25) is 19.3 Å². The van der Waals surface area contributed by atoms with Crippen molar-refractivity contribution in [1.29, 1.82) is 0 Å². The summed E-state index contributed by atoms with van der Waals surface area (Å²) in [6, 6.07) is 4.98. The Kier molecular flexibility index (Phi) is 5.59. The van der Waals surface area contributed by atoms with E-state index < -0.39 is 42.5 Å². The number of nitrogens with one attached hydrogen (secondary N) is 1. The van der Waals surface area contributed by atoms with E-state index in [2.05, 4.69) is 5.32 Å². The molecular weight excluding hydrogens is 345 g/mol. The lowest BCUT2D eigenvalue weighted by atomic mass is 10.1. The molecule has 0 aromatic heterocycles. The van der Waals surface area contributed by atoms with Crippen molar-refractivity contribution in [3.63, 3.8) is 0 Å². The number of carbonyl (C=O) groups is 4. The van der Waals surface area contributed by atoms with Gasteiger partial charge < -0.3 is 15.0 Å². The van der Waals surface area contributed by atoms with Crippen molar-refractivity contribution in [2.24, 2.45) is 0 Å². The Hall–Kier alpha value is -2.97. The van der Waals surface area contributed by atoms with Crippen molar-refractivity contribution < 1.29 is 28.3 Å². The predicted molar refractivity (Wildman–Crippen MR) is 88.2 cm³/mol. The number of hydrogen-bond acceptors (Lipinski definition) is 5. The number of likely N-dealkylation sites (N-methyl/N-ethyl adjacent to an activating group) is 1. The molecule has 140 valence electrons. The molecule has 0 spiro atoms. The third kappa shape index (κ3) is 4.56. The highest BCUT2D eigenvalue weighted by Crippen LogP contribution is 2.16. The minimum absolute atomic E-state index is 0.220. The van der Waals surface area contributed by atoms with E-state index in [1.165, 1.54) is 37.9 Å². The Morgan fingerprint density at radius 1 is 1.23 bits per heavy atom. The number of imide groups is 1. The van der Waals surface area contributed by atoms with Gasteiger partial charge in [-0.15, -0.1) is 0 Å². The molecule has 1 aliphatic heterocycles. The van der Waals surface area contributed by atoms with Crippen LogP contribution in [0.2, 0.25) is 0 Å². The summed E-state index contributed by atoms with van der Waals surface area (Å²) in [7, 11) is 1.51. The predicted octanol–water partition coefficient (Wildman–Crippen LogP) is 0.658. The van der Waals surface area contributed by atoms with Gasteiger partial charge in [-0.25, -0.2) is 9.18 Å². The van der Waals surface area contributed by atoms with Crippen molar-refractivity contribution in [2.45, 2.75) is 25.9 Å². The average Bonchev–Trinajstić information content (AvgIpc) is 2.76. The van der Waals surface area contributed by atoms with Crippen LogP contribution in [0.25, 0.3) is 0 Å². The Morgan fingerprint density at radius 3 is 2.38 bits per heavy atom. The van der Waals surface area contributed by atoms with Gasteiger partial charge in [0.25, 0.3) is 11.8 Å². The van der Waals surface area contributed by atoms with Gasteiger partial charge in [-0.2, -0.15) is 0 Å². The fourth-order valence-electron chi connectivity index (χ4n) is 2.34. The van der Waals surface area contributed by atoms with Crippen molar-refractivity contribution >= 4 is 23.8 Å². The second kappa shape index (κ2) is 7.51. The first-order chi connectivity index (χ1) is 12.1. The number of benzene rings is 1. The summed E-state index contributed by atoms with van der Waals surface area (Å²) in [5.41, 5.74) is -0.363. The zero-order chi connectivity index (χ0) is 19.5. The average molecular weight is 365 g/mol. The zero-order valence-corrected chi connectivity index (χ0v) is 14.7. The van der Waals surface area contributed by atoms with Crippen LogP contribution in [0.1, 0.15) is 19.4 Å². The lowest BCUT2D eigenvalue weighted by Gasteiger charge is -2.18. The highest BCUT2D eigenvalue weighted by Gasteiger charge is 2.45. The summed E-state index contributed by atoms with van der Waals surface area (Å²) in [5.74, 6) is -2.26. The minimum atomic E-state index is -1.08. The van der Waals surface area contributed by atoms with Gasteiger partial charge in [0.05, 0.1) is 0 Å². The SMILES string of the molecule is CN(Cc1ccc(F)cc1)C(=O)COC(=O)CN1C(=O)NC(C)(C)C1=O. The highest BCUT2D eigenvalue weighted by molar-refractivity contribution is 6.08. The van der Waals surface area contributed by atoms with E-state index in [1.54, 1.807) is 12.1 Å². The topological polar surface area (TPSA) is 96.0 Å². The quantitative estimate of drug-likeness (QED) is 0.590. The van der Waals surface area contributed by atoms with Gasteiger partial charge in [0.2, 0.25) is 0 Å². The normalized spacial score (nSPS) is 15.6. The summed E-state index contributed by atoms with van der Waals surface area (Å²) < 4.78 is 17.7. The molecule has 0 atom stereocenters. The van der Waals surface area contributed by atoms with Crippen LogP contribution in [-0.2, 0) is 25.7 Å². The Balaban J connectivity index is 1.81. The third-order valence-electron chi connectivity index (χ3n) is 3.85. The van der Waals surface area contributed by atoms with Crippen LogP contribution in [0, 0.1) is 5.82 Å². The number of ether oxygens (including phenoxy) is 1. The molecule has 1 heterocycles. The molecule has 26 heavy (non-hydrogen) atoms. The number of carbonyl (C=O) groups excluding carboxylic acids is 4. The third-order valence-corrected chi connectivity index (χ3v) is 3.85. The Labute approximate surface area is 149 Å². The van der Waals surface area contributed by atoms with Gasteiger partial charge >= 0.3 is 12.0 Å². The van der Waals surface area contributed by atoms with Crippen molar-refractivity contribution in [3.05, 3.63) is 35.6 Å². The molecule has 1 saturated heterocycles. The van der Waals surface area contributed by atoms with E-state index in [-0.39, 0.29) is 12.4 Å². The summed E-state index contributed by atoms with van der Waals surface area (Å²) in [6.07, 6.45) is 0. The summed E-state index contributed by atoms with van der Waals surface area (Å²) in [5, 5.41) is 2.44. The molecule has 0 aliphatic carbocycles. The molecule has 1 N–H and O–H groups in total. The molecule has 0 bridgehead atoms. The van der Waals surface area contributed by atoms with E-state index in [9.17, 15) is 23.6 Å². The number of urea groups is 1. The first kappa shape index (κ1) is 19.4. The lowest BCUT2D eigenvalue weighted by molar-refractivity contribution is -0.153. The van der Waals surface area contributed by atoms with E-state index >= 15 is 0 Å². The van der Waals surface area contributed by atoms with Crippen LogP contribution in [0.5, 0.6) is 0 Å². The number of esters is 1. The molecule has 0 unspecified atom stereocenters. The number of halogens is 1. The van der Waals surface area contributed by atoms with Crippen LogP contribution >= 0.6 is 0 Å². The largest absolute Gasteiger partial charge is 0.454 e. The highest BCUT2D eigenvalue weighted by atomic mass is 19.1. The molecule has 8 nitrogen and oxygen atoms in total. The molecule has 0 saturated carbocycles. The second-order valence-corrected chi connectivity index (χ2v) is 6.48. The fourth-order valence-corrected chi connectivity index (χ4v) is 2.34. The summed E-state index contributed by atoms with van der Waals surface area (Å²) in [4.78, 5) is 49.6. The smallest absolute Gasteiger partial charge is 0.326 e. The second-order valence-electron chi connectivity index (χ2n) is 6.48. The van der Waals surface area contributed by atoms with Crippen LogP contribution in [0.4, 0.5) is 9.18 Å². The van der Waals surface area contributed by atoms with Gasteiger partial charge in [0.15, 0.2) is 6.61 Å². The summed E-state index contributed by atoms with van der Waals surface area (Å²) >= 11 is 0. The maximum atomic E-state index is 12.9. The maximum absolute atomic E-state index is 12.9. The first-order valence-electron chi connectivity index (χ1n) is 7.88. The monoisotopic (exact) mass is 365 g/mol. The zero-order valence-electron chi connectivity index (χ0n) is 14.7. The molecule has 0 radical (unpaired) electrons. The molecule has 2 rings (SSSR count). The number of amides is 4.